The van der Waals surface area contributed by atoms with Gasteiger partial charge in [-0.05, 0) is 77.8 Å². The van der Waals surface area contributed by atoms with Gasteiger partial charge in [-0.15, -0.1) is 0 Å². The summed E-state index contributed by atoms with van der Waals surface area (Å²) in [6.45, 7) is 3.85. The molecule has 7 heteroatoms. The maximum absolute atomic E-state index is 12.6. The molecule has 1 aromatic heterocycles. The van der Waals surface area contributed by atoms with Crippen molar-refractivity contribution in [3.8, 4) is 11.8 Å². The highest BCUT2D eigenvalue weighted by molar-refractivity contribution is 9.10. The van der Waals surface area contributed by atoms with E-state index in [1.165, 1.54) is 0 Å². The van der Waals surface area contributed by atoms with Gasteiger partial charge in [-0.25, -0.2) is 0 Å². The van der Waals surface area contributed by atoms with Gasteiger partial charge in [0.2, 0.25) is 0 Å². The van der Waals surface area contributed by atoms with E-state index in [-0.39, 0.29) is 5.57 Å². The lowest BCUT2D eigenvalue weighted by Crippen LogP contribution is -2.13. The number of amides is 1. The fourth-order valence-electron chi connectivity index (χ4n) is 3.06. The van der Waals surface area contributed by atoms with Gasteiger partial charge in [0, 0.05) is 31.6 Å². The Hall–Kier alpha value is -2.52. The van der Waals surface area contributed by atoms with Crippen molar-refractivity contribution in [3.63, 3.8) is 0 Å². The number of hydrogen-bond donors (Lipinski definition) is 1. The number of benzene rings is 2. The predicted molar refractivity (Wildman–Crippen MR) is 122 cm³/mol. The van der Waals surface area contributed by atoms with Crippen molar-refractivity contribution >= 4 is 56.8 Å². The van der Waals surface area contributed by atoms with Gasteiger partial charge in [-0.2, -0.15) is 5.26 Å². The summed E-state index contributed by atoms with van der Waals surface area (Å²) in [5.41, 5.74) is 3.96. The molecule has 0 aliphatic carbocycles. The van der Waals surface area contributed by atoms with Crippen molar-refractivity contribution in [1.29, 1.82) is 5.26 Å². The lowest BCUT2D eigenvalue weighted by molar-refractivity contribution is -0.112. The second-order valence-electron chi connectivity index (χ2n) is 6.39. The topological polar surface area (TPSA) is 57.8 Å². The van der Waals surface area contributed by atoms with Crippen molar-refractivity contribution in [1.82, 2.24) is 4.57 Å². The van der Waals surface area contributed by atoms with Gasteiger partial charge in [-0.3, -0.25) is 4.79 Å². The molecule has 3 rings (SSSR count). The van der Waals surface area contributed by atoms with Crippen LogP contribution in [-0.2, 0) is 4.79 Å². The molecule has 0 aliphatic heterocycles. The summed E-state index contributed by atoms with van der Waals surface area (Å²) in [6.07, 6.45) is 1.58. The number of hydrogen-bond acceptors (Lipinski definition) is 2. The number of halogens is 3. The number of para-hydroxylation sites is 1. The number of anilines is 1. The largest absolute Gasteiger partial charge is 0.320 e. The van der Waals surface area contributed by atoms with Crippen LogP contribution in [0.5, 0.6) is 0 Å². The summed E-state index contributed by atoms with van der Waals surface area (Å²) in [5, 5.41) is 13.3. The van der Waals surface area contributed by atoms with Crippen molar-refractivity contribution in [2.24, 2.45) is 0 Å². The molecule has 29 heavy (non-hydrogen) atoms. The zero-order valence-electron chi connectivity index (χ0n) is 15.6. The summed E-state index contributed by atoms with van der Waals surface area (Å²) in [6, 6.07) is 16.4. The molecule has 0 bridgehead atoms. The minimum atomic E-state index is -0.477. The first kappa shape index (κ1) is 21.2. The Balaban J connectivity index is 1.98. The first-order chi connectivity index (χ1) is 13.8. The molecule has 0 fully saturated rings. The summed E-state index contributed by atoms with van der Waals surface area (Å²) < 4.78 is 2.71. The molecule has 2 aromatic carbocycles. The lowest BCUT2D eigenvalue weighted by Gasteiger charge is -2.11. The molecule has 1 N–H and O–H groups in total. The third-order valence-corrected chi connectivity index (χ3v) is 5.49. The second kappa shape index (κ2) is 8.87. The van der Waals surface area contributed by atoms with Crippen LogP contribution in [-0.4, -0.2) is 10.5 Å². The van der Waals surface area contributed by atoms with Crippen LogP contribution in [0.4, 0.5) is 5.69 Å². The van der Waals surface area contributed by atoms with E-state index in [0.29, 0.717) is 15.7 Å². The van der Waals surface area contributed by atoms with E-state index in [4.69, 9.17) is 23.2 Å². The summed E-state index contributed by atoms with van der Waals surface area (Å²) in [5.74, 6) is -0.477. The van der Waals surface area contributed by atoms with Crippen LogP contribution in [0.25, 0.3) is 11.8 Å². The van der Waals surface area contributed by atoms with E-state index >= 15 is 0 Å². The maximum atomic E-state index is 12.6. The average molecular weight is 489 g/mol. The maximum Gasteiger partial charge on any atom is 0.266 e. The summed E-state index contributed by atoms with van der Waals surface area (Å²) in [7, 11) is 0. The molecule has 4 nitrogen and oxygen atoms in total. The molecule has 0 saturated carbocycles. The number of nitrogens with one attached hydrogen (secondary N) is 1. The van der Waals surface area contributed by atoms with Crippen LogP contribution in [0, 0.1) is 25.2 Å². The van der Waals surface area contributed by atoms with Crippen LogP contribution in [0.3, 0.4) is 0 Å². The van der Waals surface area contributed by atoms with Gasteiger partial charge < -0.3 is 9.88 Å². The first-order valence-electron chi connectivity index (χ1n) is 8.63. The monoisotopic (exact) mass is 487 g/mol. The molecule has 0 saturated heterocycles. The predicted octanol–water partition coefficient (Wildman–Crippen LogP) is 6.71. The molecule has 0 unspecified atom stereocenters. The van der Waals surface area contributed by atoms with Gasteiger partial charge >= 0.3 is 0 Å². The number of carbonyl (C=O) groups is 1. The SMILES string of the molecule is Cc1cc(C=C(C#N)C(=O)Nc2ccccc2Br)c(C)n1-c1cc(Cl)cc(Cl)c1. The van der Waals surface area contributed by atoms with Crippen molar-refractivity contribution in [2.75, 3.05) is 5.32 Å². The smallest absolute Gasteiger partial charge is 0.266 e. The highest BCUT2D eigenvalue weighted by Crippen LogP contribution is 2.28. The average Bonchev–Trinajstić information content (AvgIpc) is 2.94. The summed E-state index contributed by atoms with van der Waals surface area (Å²) >= 11 is 15.7. The number of nitriles is 1. The van der Waals surface area contributed by atoms with Gasteiger partial charge in [0.05, 0.1) is 5.69 Å². The normalized spacial score (nSPS) is 11.2. The molecule has 3 aromatic rings. The molecule has 146 valence electrons. The van der Waals surface area contributed by atoms with E-state index < -0.39 is 5.91 Å². The molecule has 0 radical (unpaired) electrons. The van der Waals surface area contributed by atoms with Gasteiger partial charge in [-0.1, -0.05) is 35.3 Å². The van der Waals surface area contributed by atoms with Gasteiger partial charge in [0.25, 0.3) is 5.91 Å². The number of rotatable bonds is 4. The van der Waals surface area contributed by atoms with Crippen LogP contribution < -0.4 is 5.32 Å². The Bertz CT molecular complexity index is 1160. The van der Waals surface area contributed by atoms with Crippen LogP contribution >= 0.6 is 39.1 Å². The standard InChI is InChI=1S/C22H16BrCl2N3O/c1-13-7-15(14(2)28(13)19-10-17(24)9-18(25)11-19)8-16(12-26)22(29)27-21-6-4-3-5-20(21)23/h3-11H,1-2H3,(H,27,29). The molecule has 0 aliphatic rings. The third-order valence-electron chi connectivity index (χ3n) is 4.36. The number of aromatic nitrogens is 1. The second-order valence-corrected chi connectivity index (χ2v) is 8.12. The Kier molecular flexibility index (Phi) is 6.49. The Morgan fingerprint density at radius 1 is 1.14 bits per heavy atom. The van der Waals surface area contributed by atoms with Crippen molar-refractivity contribution < 1.29 is 4.79 Å². The Morgan fingerprint density at radius 2 is 1.79 bits per heavy atom. The lowest BCUT2D eigenvalue weighted by atomic mass is 10.1. The highest BCUT2D eigenvalue weighted by atomic mass is 79.9. The summed E-state index contributed by atoms with van der Waals surface area (Å²) in [4.78, 5) is 12.6. The van der Waals surface area contributed by atoms with Crippen molar-refractivity contribution in [3.05, 3.63) is 85.6 Å². The molecule has 0 atom stereocenters. The minimum absolute atomic E-state index is 0.00475. The van der Waals surface area contributed by atoms with Gasteiger partial charge in [0.15, 0.2) is 0 Å². The van der Waals surface area contributed by atoms with Crippen LogP contribution in [0.1, 0.15) is 17.0 Å². The van der Waals surface area contributed by atoms with E-state index in [1.54, 1.807) is 24.3 Å². The van der Waals surface area contributed by atoms with E-state index in [1.807, 2.05) is 54.8 Å². The molecule has 1 amide bonds. The zero-order chi connectivity index (χ0) is 21.1. The van der Waals surface area contributed by atoms with E-state index in [2.05, 4.69) is 21.2 Å². The number of nitrogens with zero attached hydrogens (tertiary/aromatic N) is 2. The number of carbonyl (C=O) groups excluding carboxylic acids is 1. The molecular formula is C22H16BrCl2N3O. The highest BCUT2D eigenvalue weighted by Gasteiger charge is 2.15. The first-order valence-corrected chi connectivity index (χ1v) is 10.2. The number of aryl methyl sites for hydroxylation is 1. The minimum Gasteiger partial charge on any atom is -0.320 e. The molecule has 0 spiro atoms. The zero-order valence-corrected chi connectivity index (χ0v) is 18.7. The molecule has 1 heterocycles. The Morgan fingerprint density at radius 3 is 2.41 bits per heavy atom. The third kappa shape index (κ3) is 4.73. The van der Waals surface area contributed by atoms with Crippen LogP contribution in [0.15, 0.2) is 58.6 Å². The van der Waals surface area contributed by atoms with E-state index in [0.717, 1.165) is 27.1 Å². The Labute approximate surface area is 187 Å². The fourth-order valence-corrected chi connectivity index (χ4v) is 3.95. The van der Waals surface area contributed by atoms with Crippen LogP contribution in [0.2, 0.25) is 10.0 Å². The molecular weight excluding hydrogens is 473 g/mol. The van der Waals surface area contributed by atoms with E-state index in [9.17, 15) is 10.1 Å². The fraction of sp³-hybridized carbons (Fsp3) is 0.0909. The van der Waals surface area contributed by atoms with Gasteiger partial charge in [0.1, 0.15) is 11.6 Å². The van der Waals surface area contributed by atoms with Crippen molar-refractivity contribution in [2.45, 2.75) is 13.8 Å². The quantitative estimate of drug-likeness (QED) is 0.327.